The average molecular weight is 497 g/mol. The summed E-state index contributed by atoms with van der Waals surface area (Å²) in [7, 11) is 0. The van der Waals surface area contributed by atoms with E-state index < -0.39 is 5.82 Å². The van der Waals surface area contributed by atoms with Crippen LogP contribution in [0.3, 0.4) is 0 Å². The number of halogens is 2. The van der Waals surface area contributed by atoms with Crippen molar-refractivity contribution >= 4 is 17.7 Å². The number of likely N-dealkylation sites (tertiary alicyclic amines) is 1. The molecule has 2 saturated heterocycles. The number of aromatic nitrogens is 2. The van der Waals surface area contributed by atoms with Crippen LogP contribution in [0, 0.1) is 5.82 Å². The van der Waals surface area contributed by atoms with Gasteiger partial charge in [-0.05, 0) is 62.5 Å². The predicted octanol–water partition coefficient (Wildman–Crippen LogP) is 5.61. The monoisotopic (exact) mass is 496 g/mol. The van der Waals surface area contributed by atoms with Gasteiger partial charge >= 0.3 is 6.09 Å². The molecule has 2 aromatic carbocycles. The van der Waals surface area contributed by atoms with Gasteiger partial charge in [-0.1, -0.05) is 41.9 Å². The second kappa shape index (κ2) is 10.8. The number of amides is 1. The van der Waals surface area contributed by atoms with Gasteiger partial charge in [-0.15, -0.1) is 0 Å². The molecule has 1 aromatic heterocycles. The smallest absolute Gasteiger partial charge is 0.410 e. The van der Waals surface area contributed by atoms with Crippen molar-refractivity contribution < 1.29 is 13.9 Å². The average Bonchev–Trinajstić information content (AvgIpc) is 3.53. The van der Waals surface area contributed by atoms with E-state index in [1.807, 2.05) is 41.4 Å². The Morgan fingerprint density at radius 2 is 1.94 bits per heavy atom. The Hall–Kier alpha value is -2.90. The largest absolute Gasteiger partial charge is 0.445 e. The standard InChI is InChI=1S/C27H30ClFN4O2/c28-23-15-21(8-9-24(23)29)25-17-32(26(31-25)20-10-12-30-13-11-20)16-22-7-4-14-33(22)27(34)35-18-19-5-2-1-3-6-19/h1-3,5-6,8-9,15,17,20,22,30H,4,7,10-14,16,18H2/t22-/m1/s1. The van der Waals surface area contributed by atoms with Gasteiger partial charge in [-0.3, -0.25) is 0 Å². The minimum Gasteiger partial charge on any atom is -0.445 e. The Morgan fingerprint density at radius 3 is 2.71 bits per heavy atom. The van der Waals surface area contributed by atoms with E-state index >= 15 is 0 Å². The van der Waals surface area contributed by atoms with E-state index in [1.54, 1.807) is 12.1 Å². The molecule has 2 fully saturated rings. The number of hydrogen-bond acceptors (Lipinski definition) is 4. The van der Waals surface area contributed by atoms with Crippen molar-refractivity contribution in [2.45, 2.75) is 50.8 Å². The fraction of sp³-hybridized carbons (Fsp3) is 0.407. The molecule has 0 radical (unpaired) electrons. The summed E-state index contributed by atoms with van der Waals surface area (Å²) in [6, 6.07) is 14.5. The SMILES string of the molecule is O=C(OCc1ccccc1)N1CCC[C@@H]1Cn1cc(-c2ccc(F)c(Cl)c2)nc1C1CCNCC1. The highest BCUT2D eigenvalue weighted by molar-refractivity contribution is 6.31. The van der Waals surface area contributed by atoms with E-state index in [-0.39, 0.29) is 23.8 Å². The van der Waals surface area contributed by atoms with Crippen LogP contribution in [0.2, 0.25) is 5.02 Å². The number of carbonyl (C=O) groups is 1. The Bertz CT molecular complexity index is 1160. The number of ether oxygens (including phenoxy) is 1. The Balaban J connectivity index is 1.36. The minimum atomic E-state index is -0.441. The van der Waals surface area contributed by atoms with Gasteiger partial charge in [0, 0.05) is 30.8 Å². The van der Waals surface area contributed by atoms with Crippen molar-refractivity contribution in [2.75, 3.05) is 19.6 Å². The summed E-state index contributed by atoms with van der Waals surface area (Å²) in [5.41, 5.74) is 2.54. The molecule has 1 amide bonds. The van der Waals surface area contributed by atoms with Crippen molar-refractivity contribution in [1.29, 1.82) is 0 Å². The minimum absolute atomic E-state index is 0.0394. The molecule has 0 bridgehead atoms. The zero-order valence-corrected chi connectivity index (χ0v) is 20.4. The summed E-state index contributed by atoms with van der Waals surface area (Å²) in [4.78, 5) is 19.8. The third-order valence-electron chi connectivity index (χ3n) is 6.95. The van der Waals surface area contributed by atoms with E-state index in [1.165, 1.54) is 6.07 Å². The molecule has 0 spiro atoms. The van der Waals surface area contributed by atoms with Gasteiger partial charge in [0.25, 0.3) is 0 Å². The molecule has 0 aliphatic carbocycles. The fourth-order valence-corrected chi connectivity index (χ4v) is 5.25. The zero-order valence-electron chi connectivity index (χ0n) is 19.6. The van der Waals surface area contributed by atoms with Crippen molar-refractivity contribution in [3.63, 3.8) is 0 Å². The second-order valence-electron chi connectivity index (χ2n) is 9.32. The summed E-state index contributed by atoms with van der Waals surface area (Å²) in [6.45, 7) is 3.52. The van der Waals surface area contributed by atoms with Crippen molar-refractivity contribution in [1.82, 2.24) is 19.8 Å². The van der Waals surface area contributed by atoms with Crippen molar-refractivity contribution in [2.24, 2.45) is 0 Å². The van der Waals surface area contributed by atoms with Crippen LogP contribution in [0.25, 0.3) is 11.3 Å². The number of piperidine rings is 1. The van der Waals surface area contributed by atoms with Crippen molar-refractivity contribution in [3.05, 3.63) is 77.0 Å². The first kappa shape index (κ1) is 23.8. The molecule has 8 heteroatoms. The molecule has 3 heterocycles. The highest BCUT2D eigenvalue weighted by Crippen LogP contribution is 2.31. The van der Waals surface area contributed by atoms with Gasteiger partial charge in [0.05, 0.1) is 16.8 Å². The molecule has 2 aliphatic rings. The molecule has 6 nitrogen and oxygen atoms in total. The van der Waals surface area contributed by atoms with Crippen LogP contribution < -0.4 is 5.32 Å². The third-order valence-corrected chi connectivity index (χ3v) is 7.24. The molecule has 1 atom stereocenters. The maximum absolute atomic E-state index is 13.7. The van der Waals surface area contributed by atoms with Crippen LogP contribution in [0.5, 0.6) is 0 Å². The lowest BCUT2D eigenvalue weighted by Gasteiger charge is -2.27. The number of hydrogen-bond donors (Lipinski definition) is 1. The molecular weight excluding hydrogens is 467 g/mol. The van der Waals surface area contributed by atoms with Crippen LogP contribution in [-0.4, -0.2) is 46.2 Å². The van der Waals surface area contributed by atoms with Gasteiger partial charge in [-0.25, -0.2) is 14.2 Å². The molecular formula is C27H30ClFN4O2. The van der Waals surface area contributed by atoms with Crippen LogP contribution in [0.4, 0.5) is 9.18 Å². The Morgan fingerprint density at radius 1 is 1.14 bits per heavy atom. The van der Waals surface area contributed by atoms with Crippen LogP contribution in [-0.2, 0) is 17.9 Å². The molecule has 1 N–H and O–H groups in total. The van der Waals surface area contributed by atoms with Gasteiger partial charge in [0.15, 0.2) is 0 Å². The number of rotatable bonds is 6. The molecule has 0 saturated carbocycles. The summed E-state index contributed by atoms with van der Waals surface area (Å²) < 4.78 is 21.6. The normalized spacial score (nSPS) is 18.7. The highest BCUT2D eigenvalue weighted by Gasteiger charge is 2.32. The number of nitrogens with zero attached hydrogens (tertiary/aromatic N) is 3. The van der Waals surface area contributed by atoms with Gasteiger partial charge in [0.1, 0.15) is 18.2 Å². The fourth-order valence-electron chi connectivity index (χ4n) is 5.07. The number of imidazole rings is 1. The number of nitrogens with one attached hydrogen (secondary N) is 1. The third kappa shape index (κ3) is 5.52. The van der Waals surface area contributed by atoms with E-state index in [4.69, 9.17) is 21.3 Å². The first-order chi connectivity index (χ1) is 17.1. The second-order valence-corrected chi connectivity index (χ2v) is 9.73. The maximum atomic E-state index is 13.7. The lowest BCUT2D eigenvalue weighted by atomic mass is 9.97. The Kier molecular flexibility index (Phi) is 7.35. The van der Waals surface area contributed by atoms with E-state index in [0.717, 1.165) is 61.4 Å². The van der Waals surface area contributed by atoms with Crippen LogP contribution in [0.1, 0.15) is 43.0 Å². The Labute approximate surface area is 210 Å². The lowest BCUT2D eigenvalue weighted by molar-refractivity contribution is 0.0893. The summed E-state index contributed by atoms with van der Waals surface area (Å²) in [5.74, 6) is 0.913. The van der Waals surface area contributed by atoms with E-state index in [2.05, 4.69) is 9.88 Å². The van der Waals surface area contributed by atoms with Gasteiger partial charge < -0.3 is 19.5 Å². The molecule has 0 unspecified atom stereocenters. The molecule has 3 aromatic rings. The zero-order chi connectivity index (χ0) is 24.2. The van der Waals surface area contributed by atoms with E-state index in [9.17, 15) is 9.18 Å². The maximum Gasteiger partial charge on any atom is 0.410 e. The lowest BCUT2D eigenvalue weighted by Crippen LogP contribution is -2.39. The first-order valence-electron chi connectivity index (χ1n) is 12.3. The summed E-state index contributed by atoms with van der Waals surface area (Å²) in [5, 5.41) is 3.50. The van der Waals surface area contributed by atoms with Gasteiger partial charge in [-0.2, -0.15) is 0 Å². The molecule has 35 heavy (non-hydrogen) atoms. The topological polar surface area (TPSA) is 59.4 Å². The van der Waals surface area contributed by atoms with Crippen LogP contribution >= 0.6 is 11.6 Å². The molecule has 2 aliphatic heterocycles. The first-order valence-corrected chi connectivity index (χ1v) is 12.7. The van der Waals surface area contributed by atoms with Gasteiger partial charge in [0.2, 0.25) is 0 Å². The molecule has 5 rings (SSSR count). The van der Waals surface area contributed by atoms with E-state index in [0.29, 0.717) is 19.0 Å². The highest BCUT2D eigenvalue weighted by atomic mass is 35.5. The van der Waals surface area contributed by atoms with Crippen molar-refractivity contribution in [3.8, 4) is 11.3 Å². The quantitative estimate of drug-likeness (QED) is 0.482. The summed E-state index contributed by atoms with van der Waals surface area (Å²) in [6.07, 6.45) is 5.63. The number of carbonyl (C=O) groups excluding carboxylic acids is 1. The van der Waals surface area contributed by atoms with Crippen LogP contribution in [0.15, 0.2) is 54.7 Å². The number of benzene rings is 2. The summed E-state index contributed by atoms with van der Waals surface area (Å²) >= 11 is 6.05. The predicted molar refractivity (Wildman–Crippen MR) is 134 cm³/mol. The molecule has 184 valence electrons.